The van der Waals surface area contributed by atoms with Gasteiger partial charge in [0, 0.05) is 36.2 Å². The molecule has 2 aromatic carbocycles. The number of anilines is 1. The lowest BCUT2D eigenvalue weighted by Gasteiger charge is -2.31. The van der Waals surface area contributed by atoms with Crippen molar-refractivity contribution in [3.05, 3.63) is 63.6 Å². The zero-order valence-corrected chi connectivity index (χ0v) is 21.0. The van der Waals surface area contributed by atoms with Crippen LogP contribution in [0.3, 0.4) is 0 Å². The lowest BCUT2D eigenvalue weighted by molar-refractivity contribution is -0.120. The Balaban J connectivity index is 1.44. The second kappa shape index (κ2) is 10.6. The molecule has 2 fully saturated rings. The van der Waals surface area contributed by atoms with Crippen molar-refractivity contribution >= 4 is 50.7 Å². The Morgan fingerprint density at radius 3 is 2.47 bits per heavy atom. The van der Waals surface area contributed by atoms with Gasteiger partial charge in [-0.2, -0.15) is 0 Å². The number of piperidine rings is 1. The molecule has 2 aliphatic heterocycles. The van der Waals surface area contributed by atoms with Gasteiger partial charge in [-0.1, -0.05) is 41.4 Å². The van der Waals surface area contributed by atoms with E-state index >= 15 is 0 Å². The molecule has 182 valence electrons. The van der Waals surface area contributed by atoms with Gasteiger partial charge in [-0.3, -0.25) is 9.59 Å². The van der Waals surface area contributed by atoms with Crippen LogP contribution < -0.4 is 5.32 Å². The number of benzene rings is 2. The van der Waals surface area contributed by atoms with Crippen LogP contribution in [-0.4, -0.2) is 55.6 Å². The topological polar surface area (TPSA) is 86.8 Å². The molecule has 0 aromatic heterocycles. The van der Waals surface area contributed by atoms with Crippen molar-refractivity contribution in [2.24, 2.45) is 5.92 Å². The number of nitrogens with one attached hydrogen (secondary N) is 1. The number of amides is 2. The second-order valence-electron chi connectivity index (χ2n) is 8.72. The summed E-state index contributed by atoms with van der Waals surface area (Å²) in [4.78, 5) is 27.8. The first-order valence-corrected chi connectivity index (χ1v) is 13.7. The molecular formula is C24H27Cl2N3O4S. The van der Waals surface area contributed by atoms with E-state index in [1.807, 2.05) is 0 Å². The lowest BCUT2D eigenvalue weighted by Crippen LogP contribution is -2.44. The molecule has 10 heteroatoms. The zero-order valence-electron chi connectivity index (χ0n) is 18.7. The van der Waals surface area contributed by atoms with Crippen molar-refractivity contribution in [3.8, 4) is 0 Å². The molecule has 1 N–H and O–H groups in total. The van der Waals surface area contributed by atoms with E-state index < -0.39 is 15.9 Å². The van der Waals surface area contributed by atoms with Crippen molar-refractivity contribution in [3.63, 3.8) is 0 Å². The van der Waals surface area contributed by atoms with E-state index in [1.54, 1.807) is 41.3 Å². The van der Waals surface area contributed by atoms with Gasteiger partial charge in [-0.15, -0.1) is 0 Å². The van der Waals surface area contributed by atoms with Crippen molar-refractivity contribution in [1.82, 2.24) is 9.21 Å². The van der Waals surface area contributed by atoms with Gasteiger partial charge >= 0.3 is 0 Å². The smallest absolute Gasteiger partial charge is 0.255 e. The normalized spacial score (nSPS) is 19.2. The molecule has 2 aromatic rings. The summed E-state index contributed by atoms with van der Waals surface area (Å²) in [6.45, 7) is 1.87. The predicted molar refractivity (Wildman–Crippen MR) is 134 cm³/mol. The van der Waals surface area contributed by atoms with Crippen LogP contribution in [0.2, 0.25) is 10.0 Å². The average Bonchev–Trinajstić information content (AvgIpc) is 3.36. The first-order valence-electron chi connectivity index (χ1n) is 11.4. The first kappa shape index (κ1) is 25.0. The number of carbonyl (C=O) groups is 2. The van der Waals surface area contributed by atoms with E-state index in [1.165, 1.54) is 10.4 Å². The van der Waals surface area contributed by atoms with Crippen molar-refractivity contribution in [2.75, 3.05) is 31.5 Å². The minimum atomic E-state index is -3.68. The highest BCUT2D eigenvalue weighted by Crippen LogP contribution is 2.27. The van der Waals surface area contributed by atoms with Gasteiger partial charge in [0.15, 0.2) is 0 Å². The van der Waals surface area contributed by atoms with Gasteiger partial charge in [0.2, 0.25) is 15.9 Å². The maximum absolute atomic E-state index is 13.1. The number of rotatable bonds is 6. The maximum atomic E-state index is 13.1. The quantitative estimate of drug-likeness (QED) is 0.607. The summed E-state index contributed by atoms with van der Waals surface area (Å²) in [5, 5.41) is 3.61. The van der Waals surface area contributed by atoms with Gasteiger partial charge < -0.3 is 10.2 Å². The van der Waals surface area contributed by atoms with Crippen LogP contribution in [0.4, 0.5) is 5.69 Å². The summed E-state index contributed by atoms with van der Waals surface area (Å²) >= 11 is 12.1. The molecule has 2 aliphatic rings. The maximum Gasteiger partial charge on any atom is 0.255 e. The molecule has 0 spiro atoms. The fourth-order valence-electron chi connectivity index (χ4n) is 4.44. The van der Waals surface area contributed by atoms with Crippen molar-refractivity contribution < 1.29 is 18.0 Å². The highest BCUT2D eigenvalue weighted by molar-refractivity contribution is 7.88. The third-order valence-electron chi connectivity index (χ3n) is 6.31. The largest absolute Gasteiger partial charge is 0.339 e. The summed E-state index contributed by atoms with van der Waals surface area (Å²) in [6.07, 6.45) is 3.10. The molecule has 2 amide bonds. The molecule has 34 heavy (non-hydrogen) atoms. The predicted octanol–water partition coefficient (Wildman–Crippen LogP) is 4.41. The molecule has 0 saturated carbocycles. The van der Waals surface area contributed by atoms with E-state index in [2.05, 4.69) is 5.32 Å². The fourth-order valence-corrected chi connectivity index (χ4v) is 6.64. The number of hydrogen-bond acceptors (Lipinski definition) is 4. The molecule has 2 saturated heterocycles. The van der Waals surface area contributed by atoms with Crippen molar-refractivity contribution in [2.45, 2.75) is 31.4 Å². The highest BCUT2D eigenvalue weighted by atomic mass is 35.5. The monoisotopic (exact) mass is 523 g/mol. The van der Waals surface area contributed by atoms with Gasteiger partial charge in [-0.25, -0.2) is 12.7 Å². The summed E-state index contributed by atoms with van der Waals surface area (Å²) in [6, 6.07) is 11.7. The number of hydrogen-bond donors (Lipinski definition) is 1. The van der Waals surface area contributed by atoms with E-state index in [-0.39, 0.29) is 24.1 Å². The molecule has 1 atom stereocenters. The number of para-hydroxylation sites is 1. The van der Waals surface area contributed by atoms with E-state index in [0.29, 0.717) is 59.3 Å². The van der Waals surface area contributed by atoms with Gasteiger partial charge in [0.1, 0.15) is 0 Å². The van der Waals surface area contributed by atoms with Crippen LogP contribution in [0.1, 0.15) is 41.6 Å². The third kappa shape index (κ3) is 5.74. The van der Waals surface area contributed by atoms with Crippen LogP contribution in [-0.2, 0) is 20.6 Å². The number of sulfonamides is 1. The number of likely N-dealkylation sites (tertiary alicyclic amines) is 1. The van der Waals surface area contributed by atoms with E-state index in [4.69, 9.17) is 23.2 Å². The molecule has 0 unspecified atom stereocenters. The van der Waals surface area contributed by atoms with Crippen LogP contribution in [0.5, 0.6) is 0 Å². The molecule has 0 aliphatic carbocycles. The minimum Gasteiger partial charge on any atom is -0.339 e. The first-order chi connectivity index (χ1) is 16.2. The molecular weight excluding hydrogens is 497 g/mol. The molecule has 2 heterocycles. The fraction of sp³-hybridized carbons (Fsp3) is 0.417. The van der Waals surface area contributed by atoms with Gasteiger partial charge in [0.25, 0.3) is 5.91 Å². The van der Waals surface area contributed by atoms with Gasteiger partial charge in [0.05, 0.1) is 22.9 Å². The summed E-state index contributed by atoms with van der Waals surface area (Å²) in [7, 11) is -3.68. The van der Waals surface area contributed by atoms with Crippen LogP contribution >= 0.6 is 23.2 Å². The summed E-state index contributed by atoms with van der Waals surface area (Å²) in [5.41, 5.74) is 1.37. The van der Waals surface area contributed by atoms with Crippen LogP contribution in [0, 0.1) is 5.92 Å². The Labute approximate surface area is 210 Å². The zero-order chi connectivity index (χ0) is 24.3. The van der Waals surface area contributed by atoms with Crippen LogP contribution in [0.15, 0.2) is 42.5 Å². The molecule has 0 radical (unpaired) electrons. The summed E-state index contributed by atoms with van der Waals surface area (Å²) in [5.74, 6) is -1.16. The Hall–Kier alpha value is -2.13. The Kier molecular flexibility index (Phi) is 7.82. The Bertz CT molecular complexity index is 1180. The summed E-state index contributed by atoms with van der Waals surface area (Å²) < 4.78 is 27.5. The van der Waals surface area contributed by atoms with Crippen molar-refractivity contribution in [1.29, 1.82) is 0 Å². The van der Waals surface area contributed by atoms with Crippen LogP contribution in [0.25, 0.3) is 0 Å². The molecule has 7 nitrogen and oxygen atoms in total. The lowest BCUT2D eigenvalue weighted by atomic mass is 9.98. The number of nitrogens with zero attached hydrogens (tertiary/aromatic N) is 2. The molecule has 4 rings (SSSR count). The third-order valence-corrected chi connectivity index (χ3v) is 8.69. The second-order valence-corrected chi connectivity index (χ2v) is 11.5. The average molecular weight is 524 g/mol. The van der Waals surface area contributed by atoms with E-state index in [9.17, 15) is 18.0 Å². The standard InChI is InChI=1S/C24H27Cl2N3O4S/c25-19-10-9-18(21(26)14-19)16-34(32,33)29-13-5-6-17(15-29)23(30)27-22-8-2-1-7-20(22)24(31)28-11-3-4-12-28/h1-2,7-10,14,17H,3-6,11-13,15-16H2,(H,27,30)/t17-/m1/s1. The number of carbonyl (C=O) groups excluding carboxylic acids is 2. The minimum absolute atomic E-state index is 0.0849. The highest BCUT2D eigenvalue weighted by Gasteiger charge is 2.33. The Morgan fingerprint density at radius 2 is 1.74 bits per heavy atom. The van der Waals surface area contributed by atoms with E-state index in [0.717, 1.165) is 12.8 Å². The Morgan fingerprint density at radius 1 is 1.00 bits per heavy atom. The number of halogens is 2. The SMILES string of the molecule is O=C(Nc1ccccc1C(=O)N1CCCC1)[C@@H]1CCCN(S(=O)(=O)Cc2ccc(Cl)cc2Cl)C1. The van der Waals surface area contributed by atoms with Gasteiger partial charge in [-0.05, 0) is 55.5 Å². The molecule has 0 bridgehead atoms.